The van der Waals surface area contributed by atoms with Crippen molar-refractivity contribution in [1.29, 1.82) is 0 Å². The molecule has 0 spiro atoms. The van der Waals surface area contributed by atoms with Crippen LogP contribution in [0.25, 0.3) is 0 Å². The van der Waals surface area contributed by atoms with Crippen LogP contribution in [0.4, 0.5) is 11.4 Å². The lowest BCUT2D eigenvalue weighted by Crippen LogP contribution is -2.08. The molecule has 0 unspecified atom stereocenters. The molecule has 0 aliphatic rings. The van der Waals surface area contributed by atoms with E-state index in [0.717, 1.165) is 0 Å². The fraction of sp³-hybridized carbons (Fsp3) is 0. The molecular formula is C12H10Cl2N2O4S. The minimum absolute atomic E-state index is 0.0821. The van der Waals surface area contributed by atoms with Crippen LogP contribution < -0.4 is 11.0 Å². The standard InChI is InChI=1S/C12H10Cl2N2O4S/c13-7-1-3-11(9(5-7)15-17)21(19,20)12-4-2-8(14)6-10(12)16-18/h1-6,15-18H. The molecule has 0 fully saturated rings. The van der Waals surface area contributed by atoms with E-state index in [2.05, 4.69) is 0 Å². The van der Waals surface area contributed by atoms with Crippen molar-refractivity contribution in [3.63, 3.8) is 0 Å². The van der Waals surface area contributed by atoms with E-state index in [-0.39, 0.29) is 31.2 Å². The largest absolute Gasteiger partial charge is 0.291 e. The lowest BCUT2D eigenvalue weighted by Gasteiger charge is -2.13. The normalized spacial score (nSPS) is 11.2. The Morgan fingerprint density at radius 2 is 1.19 bits per heavy atom. The Labute approximate surface area is 130 Å². The fourth-order valence-corrected chi connectivity index (χ4v) is 3.63. The van der Waals surface area contributed by atoms with Crippen molar-refractivity contribution in [3.8, 4) is 0 Å². The molecule has 0 aliphatic heterocycles. The van der Waals surface area contributed by atoms with Gasteiger partial charge in [-0.3, -0.25) is 21.4 Å². The van der Waals surface area contributed by atoms with E-state index in [9.17, 15) is 8.42 Å². The first-order valence-electron chi connectivity index (χ1n) is 5.54. The molecule has 112 valence electrons. The van der Waals surface area contributed by atoms with Gasteiger partial charge in [-0.05, 0) is 36.4 Å². The summed E-state index contributed by atoms with van der Waals surface area (Å²) in [7, 11) is -4.02. The van der Waals surface area contributed by atoms with Gasteiger partial charge in [0.2, 0.25) is 9.84 Å². The molecule has 0 aromatic heterocycles. The highest BCUT2D eigenvalue weighted by atomic mass is 35.5. The Morgan fingerprint density at radius 3 is 1.52 bits per heavy atom. The number of hydrogen-bond acceptors (Lipinski definition) is 6. The number of anilines is 2. The molecule has 21 heavy (non-hydrogen) atoms. The summed E-state index contributed by atoms with van der Waals surface area (Å²) in [5.74, 6) is 0. The first-order chi connectivity index (χ1) is 9.90. The second-order valence-electron chi connectivity index (χ2n) is 4.01. The van der Waals surface area contributed by atoms with Gasteiger partial charge in [-0.1, -0.05) is 23.2 Å². The molecule has 0 radical (unpaired) electrons. The van der Waals surface area contributed by atoms with E-state index in [4.69, 9.17) is 33.6 Å². The minimum atomic E-state index is -4.02. The Balaban J connectivity index is 2.68. The Hall–Kier alpha value is -1.51. The molecule has 0 saturated carbocycles. The molecule has 6 nitrogen and oxygen atoms in total. The topological polar surface area (TPSA) is 98.7 Å². The summed E-state index contributed by atoms with van der Waals surface area (Å²) >= 11 is 11.5. The maximum Gasteiger partial charge on any atom is 0.210 e. The van der Waals surface area contributed by atoms with Gasteiger partial charge >= 0.3 is 0 Å². The fourth-order valence-electron chi connectivity index (χ4n) is 1.77. The lowest BCUT2D eigenvalue weighted by atomic mass is 10.3. The van der Waals surface area contributed by atoms with Crippen LogP contribution in [0, 0.1) is 0 Å². The highest BCUT2D eigenvalue weighted by Gasteiger charge is 2.25. The summed E-state index contributed by atoms with van der Waals surface area (Å²) in [5.41, 5.74) is 3.41. The Bertz CT molecular complexity index is 721. The number of hydrogen-bond donors (Lipinski definition) is 4. The maximum atomic E-state index is 12.6. The molecule has 9 heteroatoms. The molecule has 0 amide bonds. The van der Waals surface area contributed by atoms with Gasteiger partial charge in [-0.2, -0.15) is 0 Å². The molecule has 2 aromatic carbocycles. The molecule has 0 heterocycles. The van der Waals surface area contributed by atoms with Gasteiger partial charge in [0, 0.05) is 10.0 Å². The minimum Gasteiger partial charge on any atom is -0.291 e. The number of sulfone groups is 1. The van der Waals surface area contributed by atoms with E-state index in [1.165, 1.54) is 36.4 Å². The third-order valence-electron chi connectivity index (χ3n) is 2.70. The Morgan fingerprint density at radius 1 is 0.810 bits per heavy atom. The van der Waals surface area contributed by atoms with Gasteiger partial charge in [0.25, 0.3) is 0 Å². The summed E-state index contributed by atoms with van der Waals surface area (Å²) < 4.78 is 25.3. The number of benzene rings is 2. The summed E-state index contributed by atoms with van der Waals surface area (Å²) in [4.78, 5) is -0.401. The highest BCUT2D eigenvalue weighted by molar-refractivity contribution is 7.91. The molecule has 4 N–H and O–H groups in total. The maximum absolute atomic E-state index is 12.6. The Kier molecular flexibility index (Phi) is 4.60. The van der Waals surface area contributed by atoms with Crippen molar-refractivity contribution in [2.75, 3.05) is 11.0 Å². The zero-order valence-corrected chi connectivity index (χ0v) is 12.7. The van der Waals surface area contributed by atoms with E-state index in [0.29, 0.717) is 0 Å². The van der Waals surface area contributed by atoms with E-state index >= 15 is 0 Å². The highest BCUT2D eigenvalue weighted by Crippen LogP contribution is 2.34. The van der Waals surface area contributed by atoms with Crippen LogP contribution in [0.15, 0.2) is 46.2 Å². The molecule has 0 atom stereocenters. The average Bonchev–Trinajstić information content (AvgIpc) is 2.46. The molecule has 2 aromatic rings. The van der Waals surface area contributed by atoms with Gasteiger partial charge in [0.05, 0.1) is 21.2 Å². The van der Waals surface area contributed by atoms with Gasteiger partial charge in [0.1, 0.15) is 0 Å². The van der Waals surface area contributed by atoms with Crippen molar-refractivity contribution in [2.45, 2.75) is 9.79 Å². The summed E-state index contributed by atoms with van der Waals surface area (Å²) in [5, 5.41) is 18.6. The van der Waals surface area contributed by atoms with Crippen molar-refractivity contribution in [1.82, 2.24) is 0 Å². The second-order valence-corrected chi connectivity index (χ2v) is 6.77. The smallest absolute Gasteiger partial charge is 0.210 e. The quantitative estimate of drug-likeness (QED) is 0.632. The SMILES string of the molecule is O=S(=O)(c1ccc(Cl)cc1NO)c1ccc(Cl)cc1NO. The zero-order valence-electron chi connectivity index (χ0n) is 10.3. The van der Waals surface area contributed by atoms with Crippen LogP contribution in [0.3, 0.4) is 0 Å². The van der Waals surface area contributed by atoms with E-state index < -0.39 is 9.84 Å². The van der Waals surface area contributed by atoms with E-state index in [1.807, 2.05) is 0 Å². The summed E-state index contributed by atoms with van der Waals surface area (Å²) in [6, 6.07) is 7.75. The average molecular weight is 349 g/mol. The summed E-state index contributed by atoms with van der Waals surface area (Å²) in [6.45, 7) is 0. The van der Waals surface area contributed by atoms with Gasteiger partial charge in [-0.25, -0.2) is 8.42 Å². The van der Waals surface area contributed by atoms with Crippen molar-refractivity contribution >= 4 is 44.4 Å². The van der Waals surface area contributed by atoms with E-state index in [1.54, 1.807) is 11.0 Å². The zero-order chi connectivity index (χ0) is 15.6. The molecule has 0 saturated heterocycles. The first kappa shape index (κ1) is 15.9. The second kappa shape index (κ2) is 6.08. The molecule has 2 rings (SSSR count). The monoisotopic (exact) mass is 348 g/mol. The number of nitrogens with one attached hydrogen (secondary N) is 2. The van der Waals surface area contributed by atoms with Crippen LogP contribution >= 0.6 is 23.2 Å². The van der Waals surface area contributed by atoms with Crippen LogP contribution in [0.5, 0.6) is 0 Å². The predicted molar refractivity (Wildman–Crippen MR) is 79.2 cm³/mol. The third kappa shape index (κ3) is 3.07. The third-order valence-corrected chi connectivity index (χ3v) is 5.04. The van der Waals surface area contributed by atoms with Crippen molar-refractivity contribution < 1.29 is 18.8 Å². The van der Waals surface area contributed by atoms with Gasteiger partial charge < -0.3 is 0 Å². The van der Waals surface area contributed by atoms with Crippen LogP contribution in [-0.4, -0.2) is 18.8 Å². The van der Waals surface area contributed by atoms with Crippen LogP contribution in [0.1, 0.15) is 0 Å². The number of rotatable bonds is 4. The van der Waals surface area contributed by atoms with Crippen LogP contribution in [0.2, 0.25) is 10.0 Å². The lowest BCUT2D eigenvalue weighted by molar-refractivity contribution is 0.386. The molecule has 0 aliphatic carbocycles. The predicted octanol–water partition coefficient (Wildman–Crippen LogP) is 3.43. The van der Waals surface area contributed by atoms with Gasteiger partial charge in [0.15, 0.2) is 0 Å². The van der Waals surface area contributed by atoms with Crippen LogP contribution in [-0.2, 0) is 9.84 Å². The first-order valence-corrected chi connectivity index (χ1v) is 7.78. The summed E-state index contributed by atoms with van der Waals surface area (Å²) in [6.07, 6.45) is 0. The number of halogens is 2. The molecule has 0 bridgehead atoms. The van der Waals surface area contributed by atoms with Crippen molar-refractivity contribution in [3.05, 3.63) is 46.4 Å². The molecular weight excluding hydrogens is 339 g/mol. The van der Waals surface area contributed by atoms with Crippen molar-refractivity contribution in [2.24, 2.45) is 0 Å². The van der Waals surface area contributed by atoms with Gasteiger partial charge in [-0.15, -0.1) is 0 Å².